The van der Waals surface area contributed by atoms with Crippen LogP contribution >= 0.6 is 0 Å². The van der Waals surface area contributed by atoms with Crippen LogP contribution in [0.2, 0.25) is 0 Å². The minimum atomic E-state index is -1.22. The standard InChI is InChI=1S/C33H41NO5/c1-8-10-16-28(25-14-12-11-13-15-25)29(23(3)9-2)38-27-18-17-24-19-20-33(30(35)37-7,22-26(24)21-27)34-31(36)39-32(4,5)6/h8,10-18,21H,9,19-20,22H2,1-7H3,(H,34,36)/b10-8-,28-16-,29-23-. The predicted molar refractivity (Wildman–Crippen MR) is 155 cm³/mol. The van der Waals surface area contributed by atoms with Crippen LogP contribution < -0.4 is 10.1 Å². The Morgan fingerprint density at radius 2 is 1.79 bits per heavy atom. The zero-order chi connectivity index (χ0) is 28.6. The molecule has 0 saturated carbocycles. The first-order chi connectivity index (χ1) is 18.5. The van der Waals surface area contributed by atoms with Crippen molar-refractivity contribution in [2.75, 3.05) is 7.11 Å². The molecule has 3 rings (SSSR count). The van der Waals surface area contributed by atoms with E-state index >= 15 is 0 Å². The number of benzene rings is 2. The summed E-state index contributed by atoms with van der Waals surface area (Å²) in [6.45, 7) is 11.5. The van der Waals surface area contributed by atoms with Crippen molar-refractivity contribution in [3.63, 3.8) is 0 Å². The Hall–Kier alpha value is -3.80. The summed E-state index contributed by atoms with van der Waals surface area (Å²) >= 11 is 0. The van der Waals surface area contributed by atoms with Gasteiger partial charge in [-0.15, -0.1) is 0 Å². The van der Waals surface area contributed by atoms with Crippen molar-refractivity contribution in [1.29, 1.82) is 0 Å². The van der Waals surface area contributed by atoms with Gasteiger partial charge in [0.1, 0.15) is 22.6 Å². The molecule has 0 heterocycles. The molecule has 0 aromatic heterocycles. The fourth-order valence-corrected chi connectivity index (χ4v) is 4.63. The molecule has 1 aliphatic rings. The van der Waals surface area contributed by atoms with Crippen LogP contribution in [0.5, 0.6) is 5.75 Å². The molecule has 208 valence electrons. The van der Waals surface area contributed by atoms with E-state index < -0.39 is 23.2 Å². The van der Waals surface area contributed by atoms with E-state index in [1.54, 1.807) is 20.8 Å². The van der Waals surface area contributed by atoms with Crippen LogP contribution in [-0.4, -0.2) is 30.3 Å². The zero-order valence-corrected chi connectivity index (χ0v) is 24.2. The Bertz CT molecular complexity index is 1270. The number of ether oxygens (including phenoxy) is 3. The number of hydrogen-bond acceptors (Lipinski definition) is 5. The number of fused-ring (bicyclic) bond motifs is 1. The lowest BCUT2D eigenvalue weighted by molar-refractivity contribution is -0.149. The number of amides is 1. The monoisotopic (exact) mass is 531 g/mol. The van der Waals surface area contributed by atoms with Crippen LogP contribution in [-0.2, 0) is 27.1 Å². The third-order valence-electron chi connectivity index (χ3n) is 6.73. The first kappa shape index (κ1) is 29.8. The number of carbonyl (C=O) groups is 2. The van der Waals surface area contributed by atoms with Crippen molar-refractivity contribution in [2.24, 2.45) is 0 Å². The third kappa shape index (κ3) is 7.62. The maximum Gasteiger partial charge on any atom is 0.408 e. The summed E-state index contributed by atoms with van der Waals surface area (Å²) in [7, 11) is 1.34. The van der Waals surface area contributed by atoms with Crippen LogP contribution in [0.1, 0.15) is 71.1 Å². The van der Waals surface area contributed by atoms with E-state index in [0.717, 1.165) is 40.0 Å². The molecule has 0 saturated heterocycles. The molecule has 0 aliphatic heterocycles. The smallest absolute Gasteiger partial charge is 0.408 e. The number of allylic oxidation sites excluding steroid dienone is 5. The molecule has 2 aromatic rings. The second-order valence-corrected chi connectivity index (χ2v) is 10.8. The van der Waals surface area contributed by atoms with Gasteiger partial charge in [0.15, 0.2) is 0 Å². The van der Waals surface area contributed by atoms with E-state index in [1.807, 2.05) is 55.5 Å². The Kier molecular flexibility index (Phi) is 9.79. The highest BCUT2D eigenvalue weighted by Gasteiger charge is 2.45. The van der Waals surface area contributed by atoms with E-state index in [9.17, 15) is 9.59 Å². The molecule has 1 N–H and O–H groups in total. The first-order valence-corrected chi connectivity index (χ1v) is 13.5. The molecule has 0 bridgehead atoms. The zero-order valence-electron chi connectivity index (χ0n) is 24.2. The Morgan fingerprint density at radius 1 is 1.08 bits per heavy atom. The van der Waals surface area contributed by atoms with Crippen molar-refractivity contribution < 1.29 is 23.8 Å². The molecular weight excluding hydrogens is 490 g/mol. The lowest BCUT2D eigenvalue weighted by atomic mass is 9.78. The lowest BCUT2D eigenvalue weighted by Gasteiger charge is -2.36. The second kappa shape index (κ2) is 12.8. The summed E-state index contributed by atoms with van der Waals surface area (Å²) in [5.41, 5.74) is 3.28. The first-order valence-electron chi connectivity index (χ1n) is 13.5. The second-order valence-electron chi connectivity index (χ2n) is 10.8. The molecule has 39 heavy (non-hydrogen) atoms. The van der Waals surface area contributed by atoms with Crippen molar-refractivity contribution in [3.8, 4) is 5.75 Å². The lowest BCUT2D eigenvalue weighted by Crippen LogP contribution is -2.59. The van der Waals surface area contributed by atoms with Gasteiger partial charge in [-0.1, -0.05) is 61.5 Å². The summed E-state index contributed by atoms with van der Waals surface area (Å²) in [6, 6.07) is 16.1. The number of esters is 1. The highest BCUT2D eigenvalue weighted by molar-refractivity contribution is 5.87. The van der Waals surface area contributed by atoms with Crippen molar-refractivity contribution in [2.45, 2.75) is 78.4 Å². The van der Waals surface area contributed by atoms with Crippen LogP contribution in [0, 0.1) is 0 Å². The molecule has 1 aliphatic carbocycles. The van der Waals surface area contributed by atoms with Crippen LogP contribution in [0.3, 0.4) is 0 Å². The Morgan fingerprint density at radius 3 is 2.41 bits per heavy atom. The minimum Gasteiger partial charge on any atom is -0.467 e. The van der Waals surface area contributed by atoms with Crippen LogP contribution in [0.25, 0.3) is 5.57 Å². The van der Waals surface area contributed by atoms with Gasteiger partial charge >= 0.3 is 12.1 Å². The number of alkyl carbamates (subject to hydrolysis) is 1. The van der Waals surface area contributed by atoms with Gasteiger partial charge < -0.3 is 19.5 Å². The average molecular weight is 532 g/mol. The fraction of sp³-hybridized carbons (Fsp3) is 0.394. The molecule has 0 radical (unpaired) electrons. The van der Waals surface area contributed by atoms with E-state index in [4.69, 9.17) is 14.2 Å². The van der Waals surface area contributed by atoms with Gasteiger partial charge in [-0.3, -0.25) is 0 Å². The highest BCUT2D eigenvalue weighted by atomic mass is 16.6. The van der Waals surface area contributed by atoms with E-state index in [2.05, 4.69) is 37.4 Å². The van der Waals surface area contributed by atoms with Gasteiger partial charge in [-0.25, -0.2) is 9.59 Å². The summed E-state index contributed by atoms with van der Waals surface area (Å²) in [6.07, 6.45) is 7.54. The Labute approximate surface area is 232 Å². The number of methoxy groups -OCH3 is 1. The van der Waals surface area contributed by atoms with Gasteiger partial charge in [0.25, 0.3) is 0 Å². The maximum absolute atomic E-state index is 13.0. The third-order valence-corrected chi connectivity index (χ3v) is 6.73. The molecule has 1 unspecified atom stereocenters. The molecule has 0 fully saturated rings. The molecular formula is C33H41NO5. The van der Waals surface area contributed by atoms with Gasteiger partial charge in [0.05, 0.1) is 7.11 Å². The van der Waals surface area contributed by atoms with Gasteiger partial charge in [0.2, 0.25) is 0 Å². The predicted octanol–water partition coefficient (Wildman–Crippen LogP) is 7.33. The van der Waals surface area contributed by atoms with Crippen LogP contribution in [0.15, 0.2) is 78.1 Å². The molecule has 1 amide bonds. The van der Waals surface area contributed by atoms with Gasteiger partial charge in [0, 0.05) is 12.0 Å². The summed E-state index contributed by atoms with van der Waals surface area (Å²) in [5, 5.41) is 2.83. The Balaban J connectivity index is 1.98. The summed E-state index contributed by atoms with van der Waals surface area (Å²) < 4.78 is 17.2. The topological polar surface area (TPSA) is 73.9 Å². The van der Waals surface area contributed by atoms with Crippen molar-refractivity contribution in [1.82, 2.24) is 5.32 Å². The molecule has 6 heteroatoms. The number of hydrogen-bond donors (Lipinski definition) is 1. The minimum absolute atomic E-state index is 0.275. The quantitative estimate of drug-likeness (QED) is 0.219. The fourth-order valence-electron chi connectivity index (χ4n) is 4.63. The van der Waals surface area contributed by atoms with Crippen molar-refractivity contribution in [3.05, 3.63) is 94.8 Å². The van der Waals surface area contributed by atoms with Crippen LogP contribution in [0.4, 0.5) is 4.79 Å². The summed E-state index contributed by atoms with van der Waals surface area (Å²) in [5.74, 6) is 0.967. The van der Waals surface area contributed by atoms with Gasteiger partial charge in [-0.05, 0) is 88.3 Å². The normalized spacial score (nSPS) is 18.2. The highest BCUT2D eigenvalue weighted by Crippen LogP contribution is 2.35. The number of nitrogens with one attached hydrogen (secondary N) is 1. The summed E-state index contributed by atoms with van der Waals surface area (Å²) in [4.78, 5) is 25.7. The van der Waals surface area contributed by atoms with E-state index in [-0.39, 0.29) is 6.42 Å². The maximum atomic E-state index is 13.0. The number of carbonyl (C=O) groups excluding carboxylic acids is 2. The number of rotatable bonds is 8. The molecule has 6 nitrogen and oxygen atoms in total. The molecule has 2 aromatic carbocycles. The number of aryl methyl sites for hydroxylation is 1. The van der Waals surface area contributed by atoms with E-state index in [1.165, 1.54) is 7.11 Å². The van der Waals surface area contributed by atoms with E-state index in [0.29, 0.717) is 18.6 Å². The average Bonchev–Trinajstić information content (AvgIpc) is 2.90. The largest absolute Gasteiger partial charge is 0.467 e. The molecule has 1 atom stereocenters. The SMILES string of the molecule is C\C=C/C=C(\C(Oc1ccc2c(c1)CC(NC(=O)OC(C)(C)C)(C(=O)OC)CC2)=C(/C)CC)c1ccccc1. The van der Waals surface area contributed by atoms with Crippen molar-refractivity contribution >= 4 is 17.6 Å². The van der Waals surface area contributed by atoms with Gasteiger partial charge in [-0.2, -0.15) is 0 Å². The molecule has 0 spiro atoms.